The third-order valence-electron chi connectivity index (χ3n) is 1.99. The van der Waals surface area contributed by atoms with Gasteiger partial charge < -0.3 is 10.8 Å². The summed E-state index contributed by atoms with van der Waals surface area (Å²) in [5, 5.41) is 8.66. The zero-order valence-electron chi connectivity index (χ0n) is 9.50. The van der Waals surface area contributed by atoms with Crippen molar-refractivity contribution >= 4 is 16.0 Å². The molecular formula is C8H11F3N4O3S. The van der Waals surface area contributed by atoms with Crippen LogP contribution in [-0.4, -0.2) is 53.7 Å². The molecule has 0 atom stereocenters. The van der Waals surface area contributed by atoms with Crippen molar-refractivity contribution in [2.75, 3.05) is 25.4 Å². The van der Waals surface area contributed by atoms with Crippen molar-refractivity contribution in [2.45, 2.75) is 11.1 Å². The maximum Gasteiger partial charge on any atom is 0.402 e. The number of nitrogens with zero attached hydrogens (tertiary/aromatic N) is 3. The maximum absolute atomic E-state index is 12.3. The van der Waals surface area contributed by atoms with E-state index < -0.39 is 40.8 Å². The summed E-state index contributed by atoms with van der Waals surface area (Å²) >= 11 is 0. The standard InChI is InChI=1S/C8H11F3N4O3S/c9-8(10,11)5-15(1-2-16)19(17,18)6-3-13-7(12)14-4-6/h3-4,16H,1-2,5H2,(H2,12,13,14). The van der Waals surface area contributed by atoms with Gasteiger partial charge in [-0.15, -0.1) is 0 Å². The summed E-state index contributed by atoms with van der Waals surface area (Å²) < 4.78 is 60.8. The summed E-state index contributed by atoms with van der Waals surface area (Å²) in [4.78, 5) is 6.27. The fourth-order valence-electron chi connectivity index (χ4n) is 1.20. The lowest BCUT2D eigenvalue weighted by Crippen LogP contribution is -2.40. The number of nitrogen functional groups attached to an aromatic ring is 1. The van der Waals surface area contributed by atoms with Crippen molar-refractivity contribution in [3.63, 3.8) is 0 Å². The van der Waals surface area contributed by atoms with Crippen molar-refractivity contribution in [3.05, 3.63) is 12.4 Å². The van der Waals surface area contributed by atoms with Crippen molar-refractivity contribution < 1.29 is 26.7 Å². The van der Waals surface area contributed by atoms with Crippen LogP contribution in [-0.2, 0) is 10.0 Å². The molecule has 1 aromatic rings. The van der Waals surface area contributed by atoms with Gasteiger partial charge in [-0.05, 0) is 0 Å². The number of alkyl halides is 3. The Labute approximate surface area is 106 Å². The molecule has 0 radical (unpaired) electrons. The van der Waals surface area contributed by atoms with E-state index in [4.69, 9.17) is 10.8 Å². The highest BCUT2D eigenvalue weighted by Crippen LogP contribution is 2.21. The second kappa shape index (κ2) is 5.67. The lowest BCUT2D eigenvalue weighted by Gasteiger charge is -2.22. The van der Waals surface area contributed by atoms with Crippen LogP contribution in [0.15, 0.2) is 17.3 Å². The van der Waals surface area contributed by atoms with Crippen molar-refractivity contribution in [1.29, 1.82) is 0 Å². The van der Waals surface area contributed by atoms with Crippen molar-refractivity contribution in [1.82, 2.24) is 14.3 Å². The molecule has 19 heavy (non-hydrogen) atoms. The largest absolute Gasteiger partial charge is 0.402 e. The second-order valence-electron chi connectivity index (χ2n) is 3.45. The van der Waals surface area contributed by atoms with E-state index in [9.17, 15) is 21.6 Å². The first kappa shape index (κ1) is 15.6. The first-order chi connectivity index (χ1) is 8.66. The third kappa shape index (κ3) is 4.29. The summed E-state index contributed by atoms with van der Waals surface area (Å²) in [6.07, 6.45) is -3.12. The summed E-state index contributed by atoms with van der Waals surface area (Å²) in [5.74, 6) is -0.205. The first-order valence-corrected chi connectivity index (χ1v) is 6.36. The molecule has 11 heteroatoms. The molecule has 0 saturated carbocycles. The Bertz CT molecular complexity index is 517. The van der Waals surface area contributed by atoms with E-state index in [0.29, 0.717) is 0 Å². The van der Waals surface area contributed by atoms with Crippen LogP contribution in [0.2, 0.25) is 0 Å². The minimum absolute atomic E-state index is 0.0991. The molecule has 0 amide bonds. The quantitative estimate of drug-likeness (QED) is 0.766. The highest BCUT2D eigenvalue weighted by atomic mass is 32.2. The molecular weight excluding hydrogens is 289 g/mol. The van der Waals surface area contributed by atoms with Gasteiger partial charge in [-0.3, -0.25) is 0 Å². The molecule has 1 rings (SSSR count). The number of aliphatic hydroxyl groups excluding tert-OH is 1. The molecule has 3 N–H and O–H groups in total. The number of nitrogens with two attached hydrogens (primary N) is 1. The zero-order valence-corrected chi connectivity index (χ0v) is 10.3. The number of sulfonamides is 1. The Morgan fingerprint density at radius 2 is 1.84 bits per heavy atom. The van der Waals surface area contributed by atoms with Gasteiger partial charge in [0, 0.05) is 6.54 Å². The van der Waals surface area contributed by atoms with Crippen LogP contribution in [0.4, 0.5) is 19.1 Å². The molecule has 0 aliphatic heterocycles. The number of aliphatic hydroxyl groups is 1. The van der Waals surface area contributed by atoms with Gasteiger partial charge in [0.1, 0.15) is 11.4 Å². The molecule has 1 aromatic heterocycles. The molecule has 0 aliphatic carbocycles. The molecule has 0 bridgehead atoms. The highest BCUT2D eigenvalue weighted by Gasteiger charge is 2.37. The minimum Gasteiger partial charge on any atom is -0.395 e. The molecule has 0 aromatic carbocycles. The molecule has 0 saturated heterocycles. The van der Waals surface area contributed by atoms with Gasteiger partial charge in [0.05, 0.1) is 19.0 Å². The monoisotopic (exact) mass is 300 g/mol. The first-order valence-electron chi connectivity index (χ1n) is 4.92. The maximum atomic E-state index is 12.3. The van der Waals surface area contributed by atoms with Crippen LogP contribution in [0.5, 0.6) is 0 Å². The molecule has 0 aliphatic rings. The molecule has 108 valence electrons. The summed E-state index contributed by atoms with van der Waals surface area (Å²) in [6, 6.07) is 0. The Kier molecular flexibility index (Phi) is 4.66. The van der Waals surface area contributed by atoms with Crippen LogP contribution < -0.4 is 5.73 Å². The van der Waals surface area contributed by atoms with E-state index in [1.807, 2.05) is 0 Å². The number of halogens is 3. The summed E-state index contributed by atoms with van der Waals surface area (Å²) in [6.45, 7) is -3.14. The summed E-state index contributed by atoms with van der Waals surface area (Å²) in [5.41, 5.74) is 5.16. The van der Waals surface area contributed by atoms with Gasteiger partial charge in [0.2, 0.25) is 16.0 Å². The Morgan fingerprint density at radius 3 is 2.26 bits per heavy atom. The number of aromatic nitrogens is 2. The van der Waals surface area contributed by atoms with Gasteiger partial charge in [-0.2, -0.15) is 17.5 Å². The molecule has 0 unspecified atom stereocenters. The molecule has 0 spiro atoms. The average Bonchev–Trinajstić information content (AvgIpc) is 2.27. The average molecular weight is 300 g/mol. The van der Waals surface area contributed by atoms with Gasteiger partial charge in [0.25, 0.3) is 0 Å². The van der Waals surface area contributed by atoms with Crippen molar-refractivity contribution in [3.8, 4) is 0 Å². The number of hydrogen-bond donors (Lipinski definition) is 2. The Hall–Kier alpha value is -1.46. The predicted octanol–water partition coefficient (Wildman–Crippen LogP) is -0.396. The van der Waals surface area contributed by atoms with E-state index in [0.717, 1.165) is 12.4 Å². The molecule has 1 heterocycles. The molecule has 7 nitrogen and oxygen atoms in total. The Balaban J connectivity index is 3.09. The van der Waals surface area contributed by atoms with Gasteiger partial charge >= 0.3 is 6.18 Å². The van der Waals surface area contributed by atoms with E-state index in [1.165, 1.54) is 0 Å². The third-order valence-corrected chi connectivity index (χ3v) is 3.79. The number of anilines is 1. The van der Waals surface area contributed by atoms with Crippen LogP contribution >= 0.6 is 0 Å². The van der Waals surface area contributed by atoms with E-state index in [-0.39, 0.29) is 10.3 Å². The van der Waals surface area contributed by atoms with Crippen LogP contribution in [0.25, 0.3) is 0 Å². The van der Waals surface area contributed by atoms with E-state index in [2.05, 4.69) is 9.97 Å². The molecule has 0 fully saturated rings. The minimum atomic E-state index is -4.73. The summed E-state index contributed by atoms with van der Waals surface area (Å²) in [7, 11) is -4.44. The SMILES string of the molecule is Nc1ncc(S(=O)(=O)N(CCO)CC(F)(F)F)cn1. The van der Waals surface area contributed by atoms with E-state index >= 15 is 0 Å². The van der Waals surface area contributed by atoms with Crippen LogP contribution in [0, 0.1) is 0 Å². The topological polar surface area (TPSA) is 109 Å². The fraction of sp³-hybridized carbons (Fsp3) is 0.500. The predicted molar refractivity (Wildman–Crippen MR) is 58.3 cm³/mol. The highest BCUT2D eigenvalue weighted by molar-refractivity contribution is 7.89. The van der Waals surface area contributed by atoms with Crippen LogP contribution in [0.1, 0.15) is 0 Å². The van der Waals surface area contributed by atoms with Crippen molar-refractivity contribution in [2.24, 2.45) is 0 Å². The Morgan fingerprint density at radius 1 is 1.32 bits per heavy atom. The smallest absolute Gasteiger partial charge is 0.395 e. The fourth-order valence-corrected chi connectivity index (χ4v) is 2.51. The van der Waals surface area contributed by atoms with Gasteiger partial charge in [-0.1, -0.05) is 0 Å². The van der Waals surface area contributed by atoms with Crippen LogP contribution in [0.3, 0.4) is 0 Å². The lowest BCUT2D eigenvalue weighted by molar-refractivity contribution is -0.136. The van der Waals surface area contributed by atoms with Gasteiger partial charge in [-0.25, -0.2) is 18.4 Å². The number of hydrogen-bond acceptors (Lipinski definition) is 6. The second-order valence-corrected chi connectivity index (χ2v) is 5.39. The lowest BCUT2D eigenvalue weighted by atomic mass is 10.6. The number of rotatable bonds is 5. The van der Waals surface area contributed by atoms with Gasteiger partial charge in [0.15, 0.2) is 0 Å². The zero-order chi connectivity index (χ0) is 14.7. The van der Waals surface area contributed by atoms with E-state index in [1.54, 1.807) is 0 Å². The normalized spacial score (nSPS) is 12.9.